The highest BCUT2D eigenvalue weighted by atomic mass is 79.9. The van der Waals surface area contributed by atoms with E-state index in [-0.39, 0.29) is 5.57 Å². The monoisotopic (exact) mass is 381 g/mol. The number of carbonyl (C=O) groups is 1. The van der Waals surface area contributed by atoms with Crippen LogP contribution in [-0.4, -0.2) is 35.6 Å². The van der Waals surface area contributed by atoms with Gasteiger partial charge in [0.15, 0.2) is 0 Å². The number of carbonyl (C=O) groups excluding carboxylic acids is 1. The zero-order chi connectivity index (χ0) is 16.9. The molecule has 0 aliphatic carbocycles. The van der Waals surface area contributed by atoms with Crippen LogP contribution in [0.25, 0.3) is 0 Å². The SMILES string of the molecule is CCCCOCCCNC(=O)/C(C#N)=C\Nc1ncc(Br)cn1. The van der Waals surface area contributed by atoms with Crippen LogP contribution in [0.4, 0.5) is 5.95 Å². The van der Waals surface area contributed by atoms with Crippen molar-refractivity contribution < 1.29 is 9.53 Å². The molecule has 0 aliphatic heterocycles. The van der Waals surface area contributed by atoms with E-state index < -0.39 is 5.91 Å². The predicted molar refractivity (Wildman–Crippen MR) is 90.4 cm³/mol. The topological polar surface area (TPSA) is 99.9 Å². The summed E-state index contributed by atoms with van der Waals surface area (Å²) in [5.41, 5.74) is -0.0385. The molecule has 1 aromatic rings. The van der Waals surface area contributed by atoms with E-state index in [1.54, 1.807) is 12.4 Å². The molecule has 1 heterocycles. The van der Waals surface area contributed by atoms with Crippen molar-refractivity contribution >= 4 is 27.8 Å². The van der Waals surface area contributed by atoms with Gasteiger partial charge in [-0.1, -0.05) is 13.3 Å². The van der Waals surface area contributed by atoms with Crippen LogP contribution in [0.2, 0.25) is 0 Å². The van der Waals surface area contributed by atoms with Gasteiger partial charge in [-0.05, 0) is 28.8 Å². The van der Waals surface area contributed by atoms with E-state index in [4.69, 9.17) is 10.00 Å². The molecule has 0 atom stereocenters. The third-order valence-corrected chi connectivity index (χ3v) is 3.13. The molecule has 0 aromatic carbocycles. The van der Waals surface area contributed by atoms with Gasteiger partial charge in [0.2, 0.25) is 5.95 Å². The molecule has 2 N–H and O–H groups in total. The quantitative estimate of drug-likeness (QED) is 0.366. The van der Waals surface area contributed by atoms with Crippen molar-refractivity contribution in [1.82, 2.24) is 15.3 Å². The number of rotatable bonds is 10. The Kier molecular flexibility index (Phi) is 9.59. The summed E-state index contributed by atoms with van der Waals surface area (Å²) in [7, 11) is 0. The van der Waals surface area contributed by atoms with Crippen LogP contribution >= 0.6 is 15.9 Å². The molecular weight excluding hydrogens is 362 g/mol. The first-order valence-electron chi connectivity index (χ1n) is 7.37. The lowest BCUT2D eigenvalue weighted by atomic mass is 10.3. The normalized spacial score (nSPS) is 10.9. The highest BCUT2D eigenvalue weighted by molar-refractivity contribution is 9.10. The smallest absolute Gasteiger partial charge is 0.263 e. The number of nitriles is 1. The number of nitrogens with zero attached hydrogens (tertiary/aromatic N) is 3. The number of hydrogen-bond donors (Lipinski definition) is 2. The average molecular weight is 382 g/mol. The van der Waals surface area contributed by atoms with E-state index in [1.165, 1.54) is 6.20 Å². The Hall–Kier alpha value is -1.98. The summed E-state index contributed by atoms with van der Waals surface area (Å²) in [6, 6.07) is 1.84. The second kappa shape index (κ2) is 11.6. The molecule has 1 amide bonds. The van der Waals surface area contributed by atoms with Gasteiger partial charge in [-0.3, -0.25) is 4.79 Å². The van der Waals surface area contributed by atoms with Crippen LogP contribution in [0.5, 0.6) is 0 Å². The molecule has 0 saturated carbocycles. The minimum atomic E-state index is -0.439. The lowest BCUT2D eigenvalue weighted by molar-refractivity contribution is -0.117. The molecule has 23 heavy (non-hydrogen) atoms. The fourth-order valence-corrected chi connectivity index (χ4v) is 1.70. The Morgan fingerprint density at radius 3 is 2.74 bits per heavy atom. The maximum atomic E-state index is 11.9. The van der Waals surface area contributed by atoms with E-state index in [1.807, 2.05) is 6.07 Å². The van der Waals surface area contributed by atoms with Crippen molar-refractivity contribution in [2.45, 2.75) is 26.2 Å². The van der Waals surface area contributed by atoms with E-state index in [9.17, 15) is 4.79 Å². The molecule has 1 rings (SSSR count). The molecule has 0 unspecified atom stereocenters. The van der Waals surface area contributed by atoms with E-state index in [2.05, 4.69) is 43.5 Å². The van der Waals surface area contributed by atoms with Crippen LogP contribution in [0, 0.1) is 11.3 Å². The number of nitrogens with one attached hydrogen (secondary N) is 2. The molecule has 0 fully saturated rings. The van der Waals surface area contributed by atoms with E-state index in [0.717, 1.165) is 23.9 Å². The van der Waals surface area contributed by atoms with Gasteiger partial charge < -0.3 is 15.4 Å². The summed E-state index contributed by atoms with van der Waals surface area (Å²) in [5.74, 6) is -0.135. The second-order valence-electron chi connectivity index (χ2n) is 4.61. The summed E-state index contributed by atoms with van der Waals surface area (Å²) in [5, 5.41) is 14.4. The fourth-order valence-electron chi connectivity index (χ4n) is 1.49. The van der Waals surface area contributed by atoms with Crippen molar-refractivity contribution in [3.63, 3.8) is 0 Å². The zero-order valence-corrected chi connectivity index (χ0v) is 14.6. The molecular formula is C15H20BrN5O2. The lowest BCUT2D eigenvalue weighted by Crippen LogP contribution is -2.26. The molecule has 7 nitrogen and oxygen atoms in total. The first kappa shape index (κ1) is 19.1. The number of halogens is 1. The van der Waals surface area contributed by atoms with Gasteiger partial charge >= 0.3 is 0 Å². The highest BCUT2D eigenvalue weighted by Crippen LogP contribution is 2.07. The summed E-state index contributed by atoms with van der Waals surface area (Å²) in [4.78, 5) is 19.8. The standard InChI is InChI=1S/C15H20BrN5O2/c1-2-3-6-23-7-4-5-18-14(22)12(8-17)9-19-15-20-10-13(16)11-21-15/h9-11H,2-7H2,1H3,(H,18,22)(H,19,20,21)/b12-9-. The van der Waals surface area contributed by atoms with Gasteiger partial charge in [0, 0.05) is 38.4 Å². The largest absolute Gasteiger partial charge is 0.381 e. The first-order chi connectivity index (χ1) is 11.2. The molecule has 0 spiro atoms. The van der Waals surface area contributed by atoms with Crippen molar-refractivity contribution in [2.75, 3.05) is 25.1 Å². The van der Waals surface area contributed by atoms with Crippen molar-refractivity contribution in [3.05, 3.63) is 28.6 Å². The van der Waals surface area contributed by atoms with Crippen LogP contribution < -0.4 is 10.6 Å². The molecule has 0 bridgehead atoms. The zero-order valence-electron chi connectivity index (χ0n) is 13.0. The Morgan fingerprint density at radius 1 is 1.39 bits per heavy atom. The van der Waals surface area contributed by atoms with Gasteiger partial charge in [0.05, 0.1) is 4.47 Å². The van der Waals surface area contributed by atoms with Gasteiger partial charge in [0.25, 0.3) is 5.91 Å². The summed E-state index contributed by atoms with van der Waals surface area (Å²) < 4.78 is 6.14. The molecule has 0 aliphatic rings. The first-order valence-corrected chi connectivity index (χ1v) is 8.17. The molecule has 124 valence electrons. The number of amides is 1. The van der Waals surface area contributed by atoms with Crippen molar-refractivity contribution in [1.29, 1.82) is 5.26 Å². The summed E-state index contributed by atoms with van der Waals surface area (Å²) in [6.45, 7) is 3.90. The Bertz CT molecular complexity index is 554. The van der Waals surface area contributed by atoms with Crippen molar-refractivity contribution in [2.24, 2.45) is 0 Å². The molecule has 0 radical (unpaired) electrons. The second-order valence-corrected chi connectivity index (χ2v) is 5.53. The summed E-state index contributed by atoms with van der Waals surface area (Å²) >= 11 is 3.22. The maximum Gasteiger partial charge on any atom is 0.263 e. The Balaban J connectivity index is 2.32. The van der Waals surface area contributed by atoms with Crippen molar-refractivity contribution in [3.8, 4) is 6.07 Å². The lowest BCUT2D eigenvalue weighted by Gasteiger charge is -2.05. The molecule has 8 heteroatoms. The Labute approximate surface area is 144 Å². The highest BCUT2D eigenvalue weighted by Gasteiger charge is 2.08. The molecule has 0 saturated heterocycles. The number of unbranched alkanes of at least 4 members (excludes halogenated alkanes) is 1. The van der Waals surface area contributed by atoms with Crippen LogP contribution in [0.15, 0.2) is 28.6 Å². The number of aromatic nitrogens is 2. The minimum absolute atomic E-state index is 0.0385. The van der Waals surface area contributed by atoms with Gasteiger partial charge in [-0.2, -0.15) is 5.26 Å². The predicted octanol–water partition coefficient (Wildman–Crippen LogP) is 2.38. The number of hydrogen-bond acceptors (Lipinski definition) is 6. The van der Waals surface area contributed by atoms with Gasteiger partial charge in [0.1, 0.15) is 11.6 Å². The van der Waals surface area contributed by atoms with Crippen LogP contribution in [0.1, 0.15) is 26.2 Å². The average Bonchev–Trinajstić information content (AvgIpc) is 2.56. The third kappa shape index (κ3) is 8.28. The molecule has 1 aromatic heterocycles. The fraction of sp³-hybridized carbons (Fsp3) is 0.467. The summed E-state index contributed by atoms with van der Waals surface area (Å²) in [6.07, 6.45) is 7.26. The minimum Gasteiger partial charge on any atom is -0.381 e. The number of ether oxygens (including phenoxy) is 1. The van der Waals surface area contributed by atoms with E-state index >= 15 is 0 Å². The van der Waals surface area contributed by atoms with Gasteiger partial charge in [-0.25, -0.2) is 9.97 Å². The Morgan fingerprint density at radius 2 is 2.09 bits per heavy atom. The van der Waals surface area contributed by atoms with Gasteiger partial charge in [-0.15, -0.1) is 0 Å². The maximum absolute atomic E-state index is 11.9. The third-order valence-electron chi connectivity index (χ3n) is 2.72. The van der Waals surface area contributed by atoms with Crippen LogP contribution in [0.3, 0.4) is 0 Å². The van der Waals surface area contributed by atoms with Crippen LogP contribution in [-0.2, 0) is 9.53 Å². The van der Waals surface area contributed by atoms with E-state index in [0.29, 0.717) is 25.5 Å². The number of anilines is 1.